The number of nitrogens with zero attached hydrogens (tertiary/aromatic N) is 1. The van der Waals surface area contributed by atoms with E-state index in [1.807, 2.05) is 5.32 Å². The summed E-state index contributed by atoms with van der Waals surface area (Å²) in [6.45, 7) is 6.68. The maximum Gasteiger partial charge on any atom is 0.461 e. The lowest BCUT2D eigenvalue weighted by molar-refractivity contribution is -0.269. The molecule has 0 aromatic heterocycles. The second kappa shape index (κ2) is 9.99. The third-order valence-electron chi connectivity index (χ3n) is 4.49. The van der Waals surface area contributed by atoms with Gasteiger partial charge in [-0.05, 0) is 39.5 Å². The van der Waals surface area contributed by atoms with Gasteiger partial charge >= 0.3 is 18.2 Å². The van der Waals surface area contributed by atoms with Gasteiger partial charge in [0.2, 0.25) is 17.6 Å². The zero-order chi connectivity index (χ0) is 25.1. The number of amides is 3. The summed E-state index contributed by atoms with van der Waals surface area (Å²) in [6, 6.07) is -3.11. The summed E-state index contributed by atoms with van der Waals surface area (Å²) < 4.78 is 69.6. The van der Waals surface area contributed by atoms with Crippen molar-refractivity contribution < 1.29 is 45.9 Å². The van der Waals surface area contributed by atoms with Crippen LogP contribution in [-0.2, 0) is 19.1 Å². The van der Waals surface area contributed by atoms with Crippen molar-refractivity contribution in [1.29, 1.82) is 0 Å². The molecule has 2 atom stereocenters. The fraction of sp³-hybridized carbons (Fsp3) is 0.789. The number of hydrogen-bond donors (Lipinski definition) is 2. The summed E-state index contributed by atoms with van der Waals surface area (Å²) in [6.07, 6.45) is -6.30. The molecule has 1 aliphatic rings. The SMILES string of the molecule is CC(C)C(NC(=O)CN1CCC[C@H](NC(=O)OC(C)(C)C)C1=O)C(=O)C(F)(F)C(F)(F)F. The fourth-order valence-electron chi connectivity index (χ4n) is 2.94. The van der Waals surface area contributed by atoms with Crippen LogP contribution in [0.5, 0.6) is 0 Å². The highest BCUT2D eigenvalue weighted by atomic mass is 19.4. The predicted molar refractivity (Wildman–Crippen MR) is 102 cm³/mol. The van der Waals surface area contributed by atoms with Crippen molar-refractivity contribution in [3.05, 3.63) is 0 Å². The van der Waals surface area contributed by atoms with Gasteiger partial charge in [0.05, 0.1) is 12.6 Å². The van der Waals surface area contributed by atoms with Crippen molar-refractivity contribution in [2.45, 2.75) is 77.2 Å². The molecule has 0 aliphatic carbocycles. The van der Waals surface area contributed by atoms with Crippen LogP contribution in [0.3, 0.4) is 0 Å². The van der Waals surface area contributed by atoms with E-state index in [0.717, 1.165) is 4.90 Å². The van der Waals surface area contributed by atoms with Crippen LogP contribution in [-0.4, -0.2) is 71.5 Å². The molecule has 0 bridgehead atoms. The average Bonchev–Trinajstić information content (AvgIpc) is 2.59. The number of ether oxygens (including phenoxy) is 1. The number of hydrogen-bond acceptors (Lipinski definition) is 5. The Labute approximate surface area is 182 Å². The number of likely N-dealkylation sites (tertiary alicyclic amines) is 1. The molecule has 8 nitrogen and oxygen atoms in total. The Morgan fingerprint density at radius 1 is 1.12 bits per heavy atom. The molecular weight excluding hydrogens is 445 g/mol. The highest BCUT2D eigenvalue weighted by Crippen LogP contribution is 2.37. The third kappa shape index (κ3) is 7.30. The number of rotatable bonds is 7. The summed E-state index contributed by atoms with van der Waals surface area (Å²) in [5.41, 5.74) is -0.807. The van der Waals surface area contributed by atoms with Crippen LogP contribution in [0.25, 0.3) is 0 Å². The molecule has 32 heavy (non-hydrogen) atoms. The van der Waals surface area contributed by atoms with Crippen molar-refractivity contribution in [3.63, 3.8) is 0 Å². The average molecular weight is 473 g/mol. The van der Waals surface area contributed by atoms with Crippen LogP contribution in [0.4, 0.5) is 26.7 Å². The zero-order valence-corrected chi connectivity index (χ0v) is 18.4. The molecule has 1 saturated heterocycles. The van der Waals surface area contributed by atoms with Crippen LogP contribution in [0.15, 0.2) is 0 Å². The van der Waals surface area contributed by atoms with E-state index < -0.39 is 65.9 Å². The van der Waals surface area contributed by atoms with E-state index in [9.17, 15) is 41.1 Å². The van der Waals surface area contributed by atoms with Gasteiger partial charge in [-0.1, -0.05) is 13.8 Å². The molecular formula is C19H28F5N3O5. The zero-order valence-electron chi connectivity index (χ0n) is 18.4. The topological polar surface area (TPSA) is 105 Å². The number of alkyl halides is 5. The lowest BCUT2D eigenvalue weighted by Crippen LogP contribution is -2.59. The van der Waals surface area contributed by atoms with E-state index in [-0.39, 0.29) is 13.0 Å². The number of nitrogens with one attached hydrogen (secondary N) is 2. The van der Waals surface area contributed by atoms with E-state index in [2.05, 4.69) is 5.32 Å². The molecule has 1 unspecified atom stereocenters. The molecule has 1 aliphatic heterocycles. The first-order valence-electron chi connectivity index (χ1n) is 9.93. The Balaban J connectivity index is 2.82. The highest BCUT2D eigenvalue weighted by molar-refractivity contribution is 5.96. The van der Waals surface area contributed by atoms with Gasteiger partial charge in [0.15, 0.2) is 0 Å². The number of alkyl carbamates (subject to hydrolysis) is 1. The highest BCUT2D eigenvalue weighted by Gasteiger charge is 2.64. The van der Waals surface area contributed by atoms with Crippen molar-refractivity contribution in [2.24, 2.45) is 5.92 Å². The summed E-state index contributed by atoms with van der Waals surface area (Å²) >= 11 is 0. The Morgan fingerprint density at radius 3 is 2.16 bits per heavy atom. The minimum Gasteiger partial charge on any atom is -0.444 e. The molecule has 1 heterocycles. The number of ketones is 1. The van der Waals surface area contributed by atoms with Gasteiger partial charge in [-0.3, -0.25) is 14.4 Å². The molecule has 0 spiro atoms. The lowest BCUT2D eigenvalue weighted by atomic mass is 9.95. The quantitative estimate of drug-likeness (QED) is 0.553. The van der Waals surface area contributed by atoms with E-state index in [1.54, 1.807) is 20.8 Å². The number of halogens is 5. The van der Waals surface area contributed by atoms with Crippen LogP contribution < -0.4 is 10.6 Å². The molecule has 0 radical (unpaired) electrons. The summed E-state index contributed by atoms with van der Waals surface area (Å²) in [4.78, 5) is 49.5. The number of carbonyl (C=O) groups is 4. The normalized spacial score (nSPS) is 18.9. The third-order valence-corrected chi connectivity index (χ3v) is 4.49. The van der Waals surface area contributed by atoms with Gasteiger partial charge in [-0.25, -0.2) is 4.79 Å². The lowest BCUT2D eigenvalue weighted by Gasteiger charge is -2.33. The molecule has 0 aromatic carbocycles. The second-order valence-electron chi connectivity index (χ2n) is 8.83. The van der Waals surface area contributed by atoms with Gasteiger partial charge < -0.3 is 20.3 Å². The van der Waals surface area contributed by atoms with Crippen molar-refractivity contribution in [3.8, 4) is 0 Å². The van der Waals surface area contributed by atoms with Gasteiger partial charge in [0.25, 0.3) is 0 Å². The monoisotopic (exact) mass is 473 g/mol. The molecule has 1 fully saturated rings. The predicted octanol–water partition coefficient (Wildman–Crippen LogP) is 2.41. The first kappa shape index (κ1) is 27.6. The van der Waals surface area contributed by atoms with Crippen LogP contribution in [0.2, 0.25) is 0 Å². The molecule has 13 heteroatoms. The van der Waals surface area contributed by atoms with Gasteiger partial charge in [-0.15, -0.1) is 0 Å². The van der Waals surface area contributed by atoms with Crippen molar-refractivity contribution in [2.75, 3.05) is 13.1 Å². The maximum atomic E-state index is 13.5. The second-order valence-corrected chi connectivity index (χ2v) is 8.83. The van der Waals surface area contributed by atoms with Crippen molar-refractivity contribution >= 4 is 23.7 Å². The maximum absolute atomic E-state index is 13.5. The van der Waals surface area contributed by atoms with Gasteiger partial charge in [-0.2, -0.15) is 22.0 Å². The van der Waals surface area contributed by atoms with Gasteiger partial charge in [0.1, 0.15) is 11.6 Å². The first-order valence-corrected chi connectivity index (χ1v) is 9.93. The molecule has 2 N–H and O–H groups in total. The Kier molecular flexibility index (Phi) is 8.60. The standard InChI is InChI=1S/C19H28F5N3O5/c1-10(2)13(14(29)18(20,21)19(22,23)24)26-12(28)9-27-8-6-7-11(15(27)30)25-16(31)32-17(3,4)5/h10-11,13H,6-9H2,1-5H3,(H,25,31)(H,26,28)/t11-,13?/m0/s1. The summed E-state index contributed by atoms with van der Waals surface area (Å²) in [5, 5.41) is 4.25. The summed E-state index contributed by atoms with van der Waals surface area (Å²) in [5.74, 6) is -10.9. The van der Waals surface area contributed by atoms with E-state index >= 15 is 0 Å². The Morgan fingerprint density at radius 2 is 1.69 bits per heavy atom. The minimum atomic E-state index is -6.11. The van der Waals surface area contributed by atoms with E-state index in [4.69, 9.17) is 4.74 Å². The molecule has 184 valence electrons. The number of Topliss-reactive ketones (excluding diaryl/α,β-unsaturated/α-hetero) is 1. The number of carbonyl (C=O) groups excluding carboxylic acids is 4. The fourth-order valence-corrected chi connectivity index (χ4v) is 2.94. The van der Waals surface area contributed by atoms with Crippen LogP contribution >= 0.6 is 0 Å². The van der Waals surface area contributed by atoms with E-state index in [0.29, 0.717) is 6.42 Å². The Hall–Kier alpha value is -2.47. The largest absolute Gasteiger partial charge is 0.461 e. The summed E-state index contributed by atoms with van der Waals surface area (Å²) in [7, 11) is 0. The minimum absolute atomic E-state index is 0.0950. The molecule has 1 rings (SSSR count). The van der Waals surface area contributed by atoms with Crippen molar-refractivity contribution in [1.82, 2.24) is 15.5 Å². The number of piperidine rings is 1. The van der Waals surface area contributed by atoms with Crippen LogP contribution in [0, 0.1) is 5.92 Å². The molecule has 0 saturated carbocycles. The smallest absolute Gasteiger partial charge is 0.444 e. The van der Waals surface area contributed by atoms with E-state index in [1.165, 1.54) is 13.8 Å². The molecule has 0 aromatic rings. The Bertz CT molecular complexity index is 734. The van der Waals surface area contributed by atoms with Crippen LogP contribution in [0.1, 0.15) is 47.5 Å². The van der Waals surface area contributed by atoms with Gasteiger partial charge in [0, 0.05) is 6.54 Å². The first-order chi connectivity index (χ1) is 14.4. The molecule has 3 amide bonds.